The molecule has 7 nitrogen and oxygen atoms in total. The maximum atomic E-state index is 12.0. The quantitative estimate of drug-likeness (QED) is 0.474. The lowest BCUT2D eigenvalue weighted by atomic mass is 10.0. The number of phenols is 1. The van der Waals surface area contributed by atoms with Crippen LogP contribution in [-0.2, 0) is 0 Å². The summed E-state index contributed by atoms with van der Waals surface area (Å²) in [5.74, 6) is -0.707. The molecular weight excluding hydrogens is 348 g/mol. The molecule has 0 saturated heterocycles. The average molecular weight is 364 g/mol. The average Bonchev–Trinajstić information content (AvgIpc) is 3.10. The third-order valence-corrected chi connectivity index (χ3v) is 3.87. The number of amides is 1. The number of hydrogen-bond donors (Lipinski definition) is 3. The Morgan fingerprint density at radius 3 is 2.59 bits per heavy atom. The molecule has 0 unspecified atom stereocenters. The van der Waals surface area contributed by atoms with E-state index in [1.807, 2.05) is 0 Å². The zero-order chi connectivity index (χ0) is 19.4. The van der Waals surface area contributed by atoms with E-state index in [1.165, 1.54) is 24.4 Å². The third kappa shape index (κ3) is 4.04. The molecule has 0 radical (unpaired) electrons. The van der Waals surface area contributed by atoms with Gasteiger partial charge in [-0.2, -0.15) is 5.10 Å². The van der Waals surface area contributed by atoms with Crippen molar-refractivity contribution in [1.29, 1.82) is 0 Å². The number of hydrazone groups is 1. The molecule has 0 saturated carbocycles. The Morgan fingerprint density at radius 1 is 1.11 bits per heavy atom. The number of carboxylic acids is 1. The van der Waals surface area contributed by atoms with Crippen LogP contribution in [0.25, 0.3) is 11.3 Å². The molecule has 0 bridgehead atoms. The molecule has 2 aromatic carbocycles. The molecule has 0 aliphatic rings. The molecule has 0 atom stereocenters. The fourth-order valence-electron chi connectivity index (χ4n) is 2.52. The number of carboxylic acid groups (broad SMARTS) is 1. The molecule has 7 heteroatoms. The van der Waals surface area contributed by atoms with E-state index in [0.717, 1.165) is 11.1 Å². The van der Waals surface area contributed by atoms with Gasteiger partial charge < -0.3 is 14.6 Å². The molecule has 136 valence electrons. The van der Waals surface area contributed by atoms with Gasteiger partial charge >= 0.3 is 5.97 Å². The Balaban J connectivity index is 1.71. The second kappa shape index (κ2) is 7.57. The van der Waals surface area contributed by atoms with Crippen molar-refractivity contribution in [1.82, 2.24) is 5.43 Å². The minimum absolute atomic E-state index is 0.115. The standard InChI is InChI=1S/C20H16N2O5/c1-12-10-13(20(25)26)6-8-15(12)18-9-7-14(27-18)11-21-22-19(24)16-4-2-3-5-17(16)23/h2-11,23H,1H3,(H,22,24)(H,25,26). The minimum atomic E-state index is -0.989. The Morgan fingerprint density at radius 2 is 1.89 bits per heavy atom. The third-order valence-electron chi connectivity index (χ3n) is 3.87. The van der Waals surface area contributed by atoms with E-state index in [0.29, 0.717) is 11.5 Å². The molecule has 0 aliphatic carbocycles. The van der Waals surface area contributed by atoms with Gasteiger partial charge in [0, 0.05) is 5.56 Å². The summed E-state index contributed by atoms with van der Waals surface area (Å²) in [5.41, 5.74) is 4.16. The summed E-state index contributed by atoms with van der Waals surface area (Å²) >= 11 is 0. The molecule has 1 amide bonds. The number of carbonyl (C=O) groups excluding carboxylic acids is 1. The number of rotatable bonds is 5. The van der Waals surface area contributed by atoms with E-state index >= 15 is 0 Å². The number of nitrogens with one attached hydrogen (secondary N) is 1. The van der Waals surface area contributed by atoms with E-state index < -0.39 is 11.9 Å². The van der Waals surface area contributed by atoms with Crippen LogP contribution in [0.15, 0.2) is 64.1 Å². The van der Waals surface area contributed by atoms with Gasteiger partial charge in [-0.3, -0.25) is 4.79 Å². The van der Waals surface area contributed by atoms with Crippen LogP contribution < -0.4 is 5.43 Å². The van der Waals surface area contributed by atoms with Crippen LogP contribution in [0, 0.1) is 6.92 Å². The summed E-state index contributed by atoms with van der Waals surface area (Å²) in [5, 5.41) is 22.5. The molecule has 3 aromatic rings. The van der Waals surface area contributed by atoms with E-state index in [-0.39, 0.29) is 16.9 Å². The second-order valence-corrected chi connectivity index (χ2v) is 5.75. The predicted molar refractivity (Wildman–Crippen MR) is 99.0 cm³/mol. The summed E-state index contributed by atoms with van der Waals surface area (Å²) in [4.78, 5) is 23.0. The van der Waals surface area contributed by atoms with Gasteiger partial charge in [0.1, 0.15) is 17.3 Å². The van der Waals surface area contributed by atoms with Gasteiger partial charge in [-0.05, 0) is 48.9 Å². The van der Waals surface area contributed by atoms with Gasteiger partial charge in [0.2, 0.25) is 0 Å². The monoisotopic (exact) mass is 364 g/mol. The van der Waals surface area contributed by atoms with Crippen LogP contribution in [0.4, 0.5) is 0 Å². The first-order valence-corrected chi connectivity index (χ1v) is 8.01. The molecule has 1 heterocycles. The van der Waals surface area contributed by atoms with Crippen molar-refractivity contribution in [2.24, 2.45) is 5.10 Å². The first-order valence-electron chi connectivity index (χ1n) is 8.01. The number of benzene rings is 2. The van der Waals surface area contributed by atoms with Gasteiger partial charge in [-0.1, -0.05) is 18.2 Å². The molecule has 3 rings (SSSR count). The summed E-state index contributed by atoms with van der Waals surface area (Å²) in [6.07, 6.45) is 1.34. The van der Waals surface area contributed by atoms with Crippen molar-refractivity contribution < 1.29 is 24.2 Å². The first-order chi connectivity index (χ1) is 13.0. The van der Waals surface area contributed by atoms with E-state index in [9.17, 15) is 14.7 Å². The normalized spacial score (nSPS) is 10.9. The Hall–Kier alpha value is -3.87. The smallest absolute Gasteiger partial charge is 0.335 e. The number of carbonyl (C=O) groups is 2. The molecule has 0 aliphatic heterocycles. The van der Waals surface area contributed by atoms with E-state index in [4.69, 9.17) is 9.52 Å². The summed E-state index contributed by atoms with van der Waals surface area (Å²) in [6, 6.07) is 14.3. The van der Waals surface area contributed by atoms with Crippen molar-refractivity contribution in [3.05, 3.63) is 77.0 Å². The van der Waals surface area contributed by atoms with Gasteiger partial charge in [-0.25, -0.2) is 10.2 Å². The highest BCUT2D eigenvalue weighted by Crippen LogP contribution is 2.26. The van der Waals surface area contributed by atoms with Crippen LogP contribution in [0.5, 0.6) is 5.75 Å². The first kappa shape index (κ1) is 17.9. The topological polar surface area (TPSA) is 112 Å². The van der Waals surface area contributed by atoms with Crippen LogP contribution in [0.1, 0.15) is 32.0 Å². The van der Waals surface area contributed by atoms with Crippen molar-refractivity contribution >= 4 is 18.1 Å². The van der Waals surface area contributed by atoms with E-state index in [1.54, 1.807) is 43.3 Å². The number of aryl methyl sites for hydroxylation is 1. The largest absolute Gasteiger partial charge is 0.507 e. The Labute approximate surface area is 154 Å². The highest BCUT2D eigenvalue weighted by Gasteiger charge is 2.11. The lowest BCUT2D eigenvalue weighted by molar-refractivity contribution is 0.0696. The van der Waals surface area contributed by atoms with Crippen molar-refractivity contribution in [2.75, 3.05) is 0 Å². The molecule has 0 spiro atoms. The van der Waals surface area contributed by atoms with Gasteiger partial charge in [-0.15, -0.1) is 0 Å². The summed E-state index contributed by atoms with van der Waals surface area (Å²) < 4.78 is 5.66. The van der Waals surface area contributed by atoms with Gasteiger partial charge in [0.15, 0.2) is 0 Å². The number of nitrogens with zero attached hydrogens (tertiary/aromatic N) is 1. The maximum Gasteiger partial charge on any atom is 0.335 e. The van der Waals surface area contributed by atoms with Gasteiger partial charge in [0.25, 0.3) is 5.91 Å². The van der Waals surface area contributed by atoms with Crippen LogP contribution in [-0.4, -0.2) is 28.3 Å². The maximum absolute atomic E-state index is 12.0. The zero-order valence-electron chi connectivity index (χ0n) is 14.3. The SMILES string of the molecule is Cc1cc(C(=O)O)ccc1-c1ccc(C=NNC(=O)c2ccccc2O)o1. The number of hydrogen-bond acceptors (Lipinski definition) is 5. The predicted octanol–water partition coefficient (Wildman–Crippen LogP) is 3.42. The van der Waals surface area contributed by atoms with Gasteiger partial charge in [0.05, 0.1) is 17.3 Å². The number of furan rings is 1. The molecule has 0 fully saturated rings. The van der Waals surface area contributed by atoms with Crippen molar-refractivity contribution in [3.63, 3.8) is 0 Å². The Bertz CT molecular complexity index is 1040. The number of phenolic OH excluding ortho intramolecular Hbond substituents is 1. The van der Waals surface area contributed by atoms with Crippen molar-refractivity contribution in [3.8, 4) is 17.1 Å². The number of aromatic hydroxyl groups is 1. The molecular formula is C20H16N2O5. The van der Waals surface area contributed by atoms with Crippen LogP contribution in [0.2, 0.25) is 0 Å². The van der Waals surface area contributed by atoms with Crippen LogP contribution in [0.3, 0.4) is 0 Å². The summed E-state index contributed by atoms with van der Waals surface area (Å²) in [6.45, 7) is 1.80. The number of para-hydroxylation sites is 1. The molecule has 3 N–H and O–H groups in total. The van der Waals surface area contributed by atoms with E-state index in [2.05, 4.69) is 10.5 Å². The lowest BCUT2D eigenvalue weighted by Crippen LogP contribution is -2.17. The molecule has 27 heavy (non-hydrogen) atoms. The lowest BCUT2D eigenvalue weighted by Gasteiger charge is -2.04. The highest BCUT2D eigenvalue weighted by molar-refractivity contribution is 5.97. The fourth-order valence-corrected chi connectivity index (χ4v) is 2.52. The zero-order valence-corrected chi connectivity index (χ0v) is 14.3. The van der Waals surface area contributed by atoms with Crippen molar-refractivity contribution in [2.45, 2.75) is 6.92 Å². The minimum Gasteiger partial charge on any atom is -0.507 e. The fraction of sp³-hybridized carbons (Fsp3) is 0.0500. The number of aromatic carboxylic acids is 1. The highest BCUT2D eigenvalue weighted by atomic mass is 16.4. The molecule has 1 aromatic heterocycles. The Kier molecular flexibility index (Phi) is 5.03. The second-order valence-electron chi connectivity index (χ2n) is 5.75. The van der Waals surface area contributed by atoms with Crippen LogP contribution >= 0.6 is 0 Å². The summed E-state index contributed by atoms with van der Waals surface area (Å²) in [7, 11) is 0.